The molecule has 4 nitrogen and oxygen atoms in total. The van der Waals surface area contributed by atoms with Gasteiger partial charge in [0.05, 0.1) is 0 Å². The minimum absolute atomic E-state index is 0.407. The number of aryl methyl sites for hydroxylation is 1. The van der Waals surface area contributed by atoms with Crippen LogP contribution in [-0.2, 0) is 12.8 Å². The van der Waals surface area contributed by atoms with E-state index in [0.717, 1.165) is 45.0 Å². The van der Waals surface area contributed by atoms with E-state index in [0.29, 0.717) is 5.41 Å². The lowest BCUT2D eigenvalue weighted by molar-refractivity contribution is 0.311. The molecule has 1 aromatic rings. The highest BCUT2D eigenvalue weighted by atomic mass is 15.3. The van der Waals surface area contributed by atoms with Gasteiger partial charge in [-0.1, -0.05) is 13.8 Å². The molecule has 1 aliphatic heterocycles. The summed E-state index contributed by atoms with van der Waals surface area (Å²) in [5.74, 6) is 0.933. The van der Waals surface area contributed by atoms with Crippen molar-refractivity contribution < 1.29 is 0 Å². The number of aromatic nitrogens is 2. The Morgan fingerprint density at radius 3 is 3.05 bits per heavy atom. The van der Waals surface area contributed by atoms with Gasteiger partial charge in [0.25, 0.3) is 0 Å². The van der Waals surface area contributed by atoms with Gasteiger partial charge in [-0.15, -0.1) is 0 Å². The molecule has 1 fully saturated rings. The van der Waals surface area contributed by atoms with Gasteiger partial charge in [0.2, 0.25) is 5.95 Å². The lowest BCUT2D eigenvalue weighted by atomic mass is 9.76. The molecule has 0 saturated carbocycles. The Kier molecular flexibility index (Phi) is 3.44. The summed E-state index contributed by atoms with van der Waals surface area (Å²) in [4.78, 5) is 11.8. The molecule has 1 aromatic heterocycles. The Hall–Kier alpha value is -1.16. The summed E-state index contributed by atoms with van der Waals surface area (Å²) in [7, 11) is 0. The predicted octanol–water partition coefficient (Wildman–Crippen LogP) is 1.79. The third-order valence-electron chi connectivity index (χ3n) is 4.27. The third-order valence-corrected chi connectivity index (χ3v) is 4.27. The van der Waals surface area contributed by atoms with Crippen molar-refractivity contribution in [1.82, 2.24) is 15.3 Å². The van der Waals surface area contributed by atoms with Crippen molar-refractivity contribution in [3.05, 3.63) is 17.5 Å². The maximum Gasteiger partial charge on any atom is 0.225 e. The van der Waals surface area contributed by atoms with E-state index >= 15 is 0 Å². The molecule has 0 bridgehead atoms. The van der Waals surface area contributed by atoms with Gasteiger partial charge in [0.15, 0.2) is 0 Å². The third kappa shape index (κ3) is 2.89. The number of hydrogen-bond acceptors (Lipinski definition) is 4. The second-order valence-corrected chi connectivity index (χ2v) is 6.57. The van der Waals surface area contributed by atoms with Gasteiger partial charge < -0.3 is 10.2 Å². The first-order valence-electron chi connectivity index (χ1n) is 7.45. The Bertz CT molecular complexity index is 447. The molecule has 1 saturated heterocycles. The smallest absolute Gasteiger partial charge is 0.225 e. The van der Waals surface area contributed by atoms with Crippen LogP contribution in [0.2, 0.25) is 0 Å². The zero-order valence-corrected chi connectivity index (χ0v) is 12.1. The van der Waals surface area contributed by atoms with E-state index in [1.807, 2.05) is 0 Å². The van der Waals surface area contributed by atoms with Gasteiger partial charge >= 0.3 is 0 Å². The standard InChI is InChI=1S/C15H24N4/c1-15(2)5-4-13-12(10-15)11-17-14(18-13)19-8-3-6-16-7-9-19/h11,16H,3-10H2,1-2H3. The van der Waals surface area contributed by atoms with E-state index < -0.39 is 0 Å². The van der Waals surface area contributed by atoms with Crippen molar-refractivity contribution in [3.8, 4) is 0 Å². The lowest BCUT2D eigenvalue weighted by Crippen LogP contribution is -2.31. The average molecular weight is 260 g/mol. The zero-order chi connectivity index (χ0) is 13.3. The van der Waals surface area contributed by atoms with Crippen LogP contribution in [-0.4, -0.2) is 36.1 Å². The van der Waals surface area contributed by atoms with Crippen LogP contribution in [0.3, 0.4) is 0 Å². The molecule has 0 atom stereocenters. The lowest BCUT2D eigenvalue weighted by Gasteiger charge is -2.31. The molecular formula is C15H24N4. The fourth-order valence-corrected chi connectivity index (χ4v) is 3.05. The van der Waals surface area contributed by atoms with Crippen molar-refractivity contribution in [2.24, 2.45) is 5.41 Å². The van der Waals surface area contributed by atoms with Crippen LogP contribution in [0.25, 0.3) is 0 Å². The van der Waals surface area contributed by atoms with Crippen molar-refractivity contribution in [2.45, 2.75) is 39.5 Å². The Balaban J connectivity index is 1.81. The van der Waals surface area contributed by atoms with E-state index in [-0.39, 0.29) is 0 Å². The molecule has 0 amide bonds. The van der Waals surface area contributed by atoms with Crippen LogP contribution < -0.4 is 10.2 Å². The summed E-state index contributed by atoms with van der Waals surface area (Å²) < 4.78 is 0. The number of fused-ring (bicyclic) bond motifs is 1. The minimum Gasteiger partial charge on any atom is -0.339 e. The fourth-order valence-electron chi connectivity index (χ4n) is 3.05. The highest BCUT2D eigenvalue weighted by Crippen LogP contribution is 2.34. The Labute approximate surface area is 115 Å². The van der Waals surface area contributed by atoms with Crippen LogP contribution in [0.4, 0.5) is 5.95 Å². The molecule has 2 aliphatic rings. The monoisotopic (exact) mass is 260 g/mol. The maximum atomic E-state index is 4.83. The van der Waals surface area contributed by atoms with Gasteiger partial charge in [-0.2, -0.15) is 0 Å². The normalized spacial score (nSPS) is 22.7. The minimum atomic E-state index is 0.407. The highest BCUT2D eigenvalue weighted by molar-refractivity contribution is 5.35. The summed E-state index contributed by atoms with van der Waals surface area (Å²) >= 11 is 0. The first-order chi connectivity index (χ1) is 9.14. The van der Waals surface area contributed by atoms with Gasteiger partial charge in [0.1, 0.15) is 0 Å². The van der Waals surface area contributed by atoms with Crippen LogP contribution in [0.5, 0.6) is 0 Å². The summed E-state index contributed by atoms with van der Waals surface area (Å²) in [5, 5.41) is 3.42. The van der Waals surface area contributed by atoms with Crippen LogP contribution in [0.15, 0.2) is 6.20 Å². The van der Waals surface area contributed by atoms with E-state index in [4.69, 9.17) is 4.98 Å². The molecule has 0 spiro atoms. The van der Waals surface area contributed by atoms with Gasteiger partial charge in [-0.3, -0.25) is 0 Å². The molecule has 2 heterocycles. The second kappa shape index (κ2) is 5.08. The van der Waals surface area contributed by atoms with Gasteiger partial charge in [-0.05, 0) is 43.2 Å². The van der Waals surface area contributed by atoms with Crippen molar-refractivity contribution in [1.29, 1.82) is 0 Å². The van der Waals surface area contributed by atoms with Crippen LogP contribution >= 0.6 is 0 Å². The van der Waals surface area contributed by atoms with Gasteiger partial charge in [0, 0.05) is 31.5 Å². The number of nitrogens with zero attached hydrogens (tertiary/aromatic N) is 3. The second-order valence-electron chi connectivity index (χ2n) is 6.57. The summed E-state index contributed by atoms with van der Waals surface area (Å²) in [6.07, 6.45) is 6.69. The Morgan fingerprint density at radius 1 is 1.26 bits per heavy atom. The highest BCUT2D eigenvalue weighted by Gasteiger charge is 2.27. The largest absolute Gasteiger partial charge is 0.339 e. The number of rotatable bonds is 1. The summed E-state index contributed by atoms with van der Waals surface area (Å²) in [5.41, 5.74) is 3.04. The van der Waals surface area contributed by atoms with Crippen molar-refractivity contribution in [3.63, 3.8) is 0 Å². The molecule has 19 heavy (non-hydrogen) atoms. The molecular weight excluding hydrogens is 236 g/mol. The van der Waals surface area contributed by atoms with E-state index in [9.17, 15) is 0 Å². The van der Waals surface area contributed by atoms with E-state index in [1.165, 1.54) is 24.1 Å². The summed E-state index contributed by atoms with van der Waals surface area (Å²) in [6, 6.07) is 0. The van der Waals surface area contributed by atoms with Crippen molar-refractivity contribution >= 4 is 5.95 Å². The maximum absolute atomic E-state index is 4.83. The topological polar surface area (TPSA) is 41.1 Å². The van der Waals surface area contributed by atoms with Crippen molar-refractivity contribution in [2.75, 3.05) is 31.1 Å². The average Bonchev–Trinajstić information content (AvgIpc) is 2.66. The molecule has 1 aliphatic carbocycles. The predicted molar refractivity (Wildman–Crippen MR) is 77.5 cm³/mol. The summed E-state index contributed by atoms with van der Waals surface area (Å²) in [6.45, 7) is 8.90. The zero-order valence-electron chi connectivity index (χ0n) is 12.1. The van der Waals surface area contributed by atoms with E-state index in [1.54, 1.807) is 0 Å². The molecule has 0 radical (unpaired) electrons. The molecule has 0 aromatic carbocycles. The number of nitrogens with one attached hydrogen (secondary N) is 1. The molecule has 1 N–H and O–H groups in total. The fraction of sp³-hybridized carbons (Fsp3) is 0.733. The SMILES string of the molecule is CC1(C)CCc2nc(N3CCCNCC3)ncc2C1. The van der Waals surface area contributed by atoms with Crippen LogP contribution in [0.1, 0.15) is 37.9 Å². The molecule has 3 rings (SSSR count). The van der Waals surface area contributed by atoms with Gasteiger partial charge in [-0.25, -0.2) is 9.97 Å². The number of anilines is 1. The van der Waals surface area contributed by atoms with Crippen LogP contribution in [0, 0.1) is 5.41 Å². The first kappa shape index (κ1) is 12.9. The van der Waals surface area contributed by atoms with E-state index in [2.05, 4.69) is 35.2 Å². The first-order valence-corrected chi connectivity index (χ1v) is 7.45. The Morgan fingerprint density at radius 2 is 2.16 bits per heavy atom. The quantitative estimate of drug-likeness (QED) is 0.836. The molecule has 104 valence electrons. The number of hydrogen-bond donors (Lipinski definition) is 1. The molecule has 4 heteroatoms. The molecule has 0 unspecified atom stereocenters.